The molecule has 0 spiro atoms. The van der Waals surface area contributed by atoms with E-state index >= 15 is 0 Å². The molecule has 1 aromatic rings. The zero-order chi connectivity index (χ0) is 13.8. The van der Waals surface area contributed by atoms with Crippen LogP contribution < -0.4 is 10.5 Å². The predicted octanol–water partition coefficient (Wildman–Crippen LogP) is 0.0186. The summed E-state index contributed by atoms with van der Waals surface area (Å²) in [5.41, 5.74) is 0.968. The third-order valence-electron chi connectivity index (χ3n) is 2.36. The van der Waals surface area contributed by atoms with Gasteiger partial charge in [0.2, 0.25) is 10.0 Å². The van der Waals surface area contributed by atoms with Crippen LogP contribution in [0.15, 0.2) is 23.1 Å². The Morgan fingerprint density at radius 2 is 2.11 bits per heavy atom. The molecule has 0 aromatic heterocycles. The molecule has 0 radical (unpaired) electrons. The first kappa shape index (κ1) is 14.6. The van der Waals surface area contributed by atoms with Crippen molar-refractivity contribution in [3.8, 4) is 0 Å². The van der Waals surface area contributed by atoms with Crippen molar-refractivity contribution < 1.29 is 17.9 Å². The third-order valence-corrected chi connectivity index (χ3v) is 3.27. The first-order valence-electron chi connectivity index (χ1n) is 5.27. The fraction of sp³-hybridized carbons (Fsp3) is 0.364. The number of nitrogens with two attached hydrogens (primary N) is 1. The molecule has 0 unspecified atom stereocenters. The molecule has 100 valence electrons. The summed E-state index contributed by atoms with van der Waals surface area (Å²) in [6.45, 7) is 2.46. The lowest BCUT2D eigenvalue weighted by molar-refractivity contribution is 0.0936. The summed E-state index contributed by atoms with van der Waals surface area (Å²) in [7, 11) is -2.20. The Balaban J connectivity index is 2.89. The minimum Gasteiger partial charge on any atom is -0.383 e. The van der Waals surface area contributed by atoms with Gasteiger partial charge >= 0.3 is 0 Å². The molecule has 0 heterocycles. The van der Waals surface area contributed by atoms with E-state index in [0.717, 1.165) is 0 Å². The summed E-state index contributed by atoms with van der Waals surface area (Å²) >= 11 is 0. The SMILES string of the molecule is COCCNC(=O)c1ccc(S(N)(=O)=O)cc1C. The lowest BCUT2D eigenvalue weighted by atomic mass is 10.1. The maximum absolute atomic E-state index is 11.8. The molecule has 0 saturated carbocycles. The van der Waals surface area contributed by atoms with Crippen LogP contribution in [-0.2, 0) is 14.8 Å². The molecule has 0 fully saturated rings. The van der Waals surface area contributed by atoms with Crippen LogP contribution in [0.4, 0.5) is 0 Å². The standard InChI is InChI=1S/C11H16N2O4S/c1-8-7-9(18(12,15)16)3-4-10(8)11(14)13-5-6-17-2/h3-4,7H,5-6H2,1-2H3,(H,13,14)(H2,12,15,16). The number of carbonyl (C=O) groups is 1. The average Bonchev–Trinajstić information content (AvgIpc) is 2.27. The Kier molecular flexibility index (Phi) is 4.83. The van der Waals surface area contributed by atoms with Crippen LogP contribution in [0.5, 0.6) is 0 Å². The van der Waals surface area contributed by atoms with Crippen molar-refractivity contribution in [2.75, 3.05) is 20.3 Å². The van der Waals surface area contributed by atoms with Gasteiger partial charge in [-0.1, -0.05) is 0 Å². The van der Waals surface area contributed by atoms with Crippen molar-refractivity contribution in [3.63, 3.8) is 0 Å². The van der Waals surface area contributed by atoms with Crippen LogP contribution in [0.3, 0.4) is 0 Å². The topological polar surface area (TPSA) is 98.5 Å². The van der Waals surface area contributed by atoms with Gasteiger partial charge in [-0.25, -0.2) is 13.6 Å². The molecule has 6 nitrogen and oxygen atoms in total. The van der Waals surface area contributed by atoms with Crippen LogP contribution in [0.25, 0.3) is 0 Å². The number of ether oxygens (including phenoxy) is 1. The number of aryl methyl sites for hydroxylation is 1. The summed E-state index contributed by atoms with van der Waals surface area (Å²) in [6, 6.07) is 4.13. The molecule has 7 heteroatoms. The molecular weight excluding hydrogens is 256 g/mol. The van der Waals surface area contributed by atoms with Gasteiger partial charge in [-0.05, 0) is 30.7 Å². The molecule has 0 atom stereocenters. The van der Waals surface area contributed by atoms with Crippen LogP contribution in [0, 0.1) is 6.92 Å². The molecule has 0 aliphatic heterocycles. The average molecular weight is 272 g/mol. The minimum absolute atomic E-state index is 0.00607. The predicted molar refractivity (Wildman–Crippen MR) is 66.8 cm³/mol. The third kappa shape index (κ3) is 3.80. The number of nitrogens with one attached hydrogen (secondary N) is 1. The minimum atomic E-state index is -3.74. The van der Waals surface area contributed by atoms with Crippen molar-refractivity contribution in [1.29, 1.82) is 0 Å². The monoisotopic (exact) mass is 272 g/mol. The highest BCUT2D eigenvalue weighted by atomic mass is 32.2. The molecule has 1 amide bonds. The first-order valence-corrected chi connectivity index (χ1v) is 6.81. The van der Waals surface area contributed by atoms with Gasteiger partial charge < -0.3 is 10.1 Å². The number of amides is 1. The quantitative estimate of drug-likeness (QED) is 0.738. The molecule has 18 heavy (non-hydrogen) atoms. The second-order valence-corrected chi connectivity index (χ2v) is 5.33. The Bertz CT molecular complexity index is 540. The van der Waals surface area contributed by atoms with E-state index < -0.39 is 10.0 Å². The molecule has 0 aliphatic rings. The van der Waals surface area contributed by atoms with Gasteiger partial charge in [-0.3, -0.25) is 4.79 Å². The van der Waals surface area contributed by atoms with Crippen molar-refractivity contribution in [1.82, 2.24) is 5.32 Å². The lowest BCUT2D eigenvalue weighted by Gasteiger charge is -2.08. The number of hydrogen-bond acceptors (Lipinski definition) is 4. The van der Waals surface area contributed by atoms with E-state index in [0.29, 0.717) is 24.3 Å². The van der Waals surface area contributed by atoms with E-state index in [4.69, 9.17) is 9.88 Å². The van der Waals surface area contributed by atoms with Crippen molar-refractivity contribution >= 4 is 15.9 Å². The number of sulfonamides is 1. The van der Waals surface area contributed by atoms with Crippen molar-refractivity contribution in [2.24, 2.45) is 5.14 Å². The number of carbonyl (C=O) groups excluding carboxylic acids is 1. The number of rotatable bonds is 5. The van der Waals surface area contributed by atoms with Gasteiger partial charge in [-0.15, -0.1) is 0 Å². The Morgan fingerprint density at radius 3 is 2.61 bits per heavy atom. The lowest BCUT2D eigenvalue weighted by Crippen LogP contribution is -2.27. The van der Waals surface area contributed by atoms with Gasteiger partial charge in [0, 0.05) is 19.2 Å². The number of hydrogen-bond donors (Lipinski definition) is 2. The second-order valence-electron chi connectivity index (χ2n) is 3.77. The van der Waals surface area contributed by atoms with E-state index in [9.17, 15) is 13.2 Å². The Hall–Kier alpha value is -1.44. The van der Waals surface area contributed by atoms with E-state index in [1.165, 1.54) is 25.3 Å². The molecule has 3 N–H and O–H groups in total. The van der Waals surface area contributed by atoms with Crippen molar-refractivity contribution in [3.05, 3.63) is 29.3 Å². The van der Waals surface area contributed by atoms with E-state index in [2.05, 4.69) is 5.32 Å². The second kappa shape index (κ2) is 5.94. The van der Waals surface area contributed by atoms with Crippen LogP contribution >= 0.6 is 0 Å². The zero-order valence-corrected chi connectivity index (χ0v) is 11.1. The van der Waals surface area contributed by atoms with Crippen LogP contribution in [0.2, 0.25) is 0 Å². The summed E-state index contributed by atoms with van der Waals surface area (Å²) in [5.74, 6) is -0.273. The molecule has 1 rings (SSSR count). The summed E-state index contributed by atoms with van der Waals surface area (Å²) in [6.07, 6.45) is 0. The largest absolute Gasteiger partial charge is 0.383 e. The maximum atomic E-state index is 11.8. The smallest absolute Gasteiger partial charge is 0.251 e. The van der Waals surface area contributed by atoms with Gasteiger partial charge in [-0.2, -0.15) is 0 Å². The fourth-order valence-electron chi connectivity index (χ4n) is 1.43. The fourth-order valence-corrected chi connectivity index (χ4v) is 2.03. The number of methoxy groups -OCH3 is 1. The van der Waals surface area contributed by atoms with Crippen molar-refractivity contribution in [2.45, 2.75) is 11.8 Å². The highest BCUT2D eigenvalue weighted by Gasteiger charge is 2.13. The van der Waals surface area contributed by atoms with Gasteiger partial charge in [0.25, 0.3) is 5.91 Å². The molecule has 0 saturated heterocycles. The summed E-state index contributed by atoms with van der Waals surface area (Å²) in [5, 5.41) is 7.66. The van der Waals surface area contributed by atoms with E-state index in [1.807, 2.05) is 0 Å². The molecule has 0 aliphatic carbocycles. The normalized spacial score (nSPS) is 11.3. The summed E-state index contributed by atoms with van der Waals surface area (Å²) in [4.78, 5) is 11.7. The highest BCUT2D eigenvalue weighted by molar-refractivity contribution is 7.89. The zero-order valence-electron chi connectivity index (χ0n) is 10.3. The van der Waals surface area contributed by atoms with Gasteiger partial charge in [0.1, 0.15) is 0 Å². The Morgan fingerprint density at radius 1 is 1.44 bits per heavy atom. The Labute approximate surface area is 106 Å². The first-order chi connectivity index (χ1) is 8.36. The van der Waals surface area contributed by atoms with Gasteiger partial charge in [0.05, 0.1) is 11.5 Å². The molecular formula is C11H16N2O4S. The van der Waals surface area contributed by atoms with Crippen LogP contribution in [0.1, 0.15) is 15.9 Å². The molecule has 1 aromatic carbocycles. The highest BCUT2D eigenvalue weighted by Crippen LogP contribution is 2.14. The van der Waals surface area contributed by atoms with Crippen LogP contribution in [-0.4, -0.2) is 34.6 Å². The van der Waals surface area contributed by atoms with E-state index in [1.54, 1.807) is 6.92 Å². The maximum Gasteiger partial charge on any atom is 0.251 e. The van der Waals surface area contributed by atoms with Gasteiger partial charge in [0.15, 0.2) is 0 Å². The summed E-state index contributed by atoms with van der Waals surface area (Å²) < 4.78 is 27.1. The number of benzene rings is 1. The molecule has 0 bridgehead atoms. The number of primary sulfonamides is 1. The van der Waals surface area contributed by atoms with E-state index in [-0.39, 0.29) is 10.8 Å².